The fraction of sp³-hybridized carbons (Fsp3) is 0.615. The zero-order valence-corrected chi connectivity index (χ0v) is 14.9. The molecule has 0 bridgehead atoms. The second-order valence-electron chi connectivity index (χ2n) is 4.72. The molecule has 0 fully saturated rings. The number of carbonyl (C=O) groups excluding carboxylic acids is 2. The first-order valence-electron chi connectivity index (χ1n) is 6.11. The molecule has 4 nitrogen and oxygen atoms in total. The van der Waals surface area contributed by atoms with Gasteiger partial charge in [-0.25, -0.2) is 4.99 Å². The Kier molecular flexibility index (Phi) is 7.43. The summed E-state index contributed by atoms with van der Waals surface area (Å²) < 4.78 is 0. The zero-order chi connectivity index (χ0) is 13.9. The SMILES string of the molecule is C=CCC1(C(C)CCC)C(=O)N=C([S-])N(C)C1=O.[Na+]. The summed E-state index contributed by atoms with van der Waals surface area (Å²) in [6.07, 6.45) is 3.62. The molecule has 19 heavy (non-hydrogen) atoms. The molecule has 1 aliphatic heterocycles. The second kappa shape index (κ2) is 7.53. The average Bonchev–Trinajstić information content (AvgIpc) is 2.32. The van der Waals surface area contributed by atoms with Crippen molar-refractivity contribution >= 4 is 29.6 Å². The van der Waals surface area contributed by atoms with Gasteiger partial charge in [0.05, 0.1) is 0 Å². The Morgan fingerprint density at radius 3 is 2.58 bits per heavy atom. The first-order valence-corrected chi connectivity index (χ1v) is 6.51. The van der Waals surface area contributed by atoms with Crippen LogP contribution in [0.2, 0.25) is 0 Å². The summed E-state index contributed by atoms with van der Waals surface area (Å²) >= 11 is 4.91. The molecule has 0 aromatic rings. The second-order valence-corrected chi connectivity index (χ2v) is 5.08. The fourth-order valence-corrected chi connectivity index (χ4v) is 2.61. The summed E-state index contributed by atoms with van der Waals surface area (Å²) in [5, 5.41) is 0.0494. The van der Waals surface area contributed by atoms with E-state index in [-0.39, 0.29) is 46.6 Å². The number of rotatable bonds is 5. The van der Waals surface area contributed by atoms with Crippen molar-refractivity contribution in [3.05, 3.63) is 12.7 Å². The van der Waals surface area contributed by atoms with Crippen molar-refractivity contribution in [3.8, 4) is 0 Å². The minimum Gasteiger partial charge on any atom is -0.742 e. The molecule has 6 heteroatoms. The van der Waals surface area contributed by atoms with E-state index in [0.717, 1.165) is 12.8 Å². The topological polar surface area (TPSA) is 49.7 Å². The van der Waals surface area contributed by atoms with Crippen molar-refractivity contribution < 1.29 is 39.1 Å². The smallest absolute Gasteiger partial charge is 0.742 e. The Hall–Kier alpha value is -0.230. The number of aliphatic imine (C=N–C) groups is 1. The minimum absolute atomic E-state index is 0. The third-order valence-corrected chi connectivity index (χ3v) is 3.95. The molecule has 2 amide bonds. The van der Waals surface area contributed by atoms with Crippen molar-refractivity contribution in [1.82, 2.24) is 4.90 Å². The normalized spacial score (nSPS) is 24.6. The van der Waals surface area contributed by atoms with Crippen molar-refractivity contribution in [2.45, 2.75) is 33.1 Å². The van der Waals surface area contributed by atoms with Gasteiger partial charge >= 0.3 is 29.6 Å². The van der Waals surface area contributed by atoms with E-state index in [4.69, 9.17) is 12.6 Å². The van der Waals surface area contributed by atoms with Gasteiger partial charge in [-0.3, -0.25) is 9.59 Å². The van der Waals surface area contributed by atoms with E-state index < -0.39 is 11.3 Å². The Balaban J connectivity index is 0.00000324. The first kappa shape index (κ1) is 18.8. The van der Waals surface area contributed by atoms with Gasteiger partial charge in [-0.15, -0.1) is 6.58 Å². The van der Waals surface area contributed by atoms with Gasteiger partial charge in [-0.1, -0.05) is 26.3 Å². The third kappa shape index (κ3) is 3.27. The summed E-state index contributed by atoms with van der Waals surface area (Å²) in [5.74, 6) is -0.750. The molecular weight excluding hydrogens is 271 g/mol. The predicted molar refractivity (Wildman–Crippen MR) is 73.9 cm³/mol. The summed E-state index contributed by atoms with van der Waals surface area (Å²) in [5.41, 5.74) is -1.12. The van der Waals surface area contributed by atoms with Gasteiger partial charge in [0, 0.05) is 7.05 Å². The standard InChI is InChI=1S/C13H20N2O2S.Na/c1-5-7-9(3)13(8-6-2)10(16)14-12(18)15(4)11(13)17;/h6,9H,2,5,7-8H2,1,3-4H3,(H,14,16,18);/q;+1/p-1. The summed E-state index contributed by atoms with van der Waals surface area (Å²) in [4.78, 5) is 29.9. The van der Waals surface area contributed by atoms with Crippen molar-refractivity contribution in [2.24, 2.45) is 16.3 Å². The fourth-order valence-electron chi connectivity index (χ4n) is 2.44. The molecule has 2 atom stereocenters. The Morgan fingerprint density at radius 1 is 1.53 bits per heavy atom. The molecule has 1 aliphatic rings. The summed E-state index contributed by atoms with van der Waals surface area (Å²) in [6.45, 7) is 7.60. The Bertz CT molecular complexity index is 411. The van der Waals surface area contributed by atoms with Gasteiger partial charge in [0.1, 0.15) is 5.41 Å². The van der Waals surface area contributed by atoms with Crippen LogP contribution in [-0.4, -0.2) is 28.9 Å². The van der Waals surface area contributed by atoms with Crippen molar-refractivity contribution in [2.75, 3.05) is 7.05 Å². The number of carbonyl (C=O) groups is 2. The quantitative estimate of drug-likeness (QED) is 0.279. The zero-order valence-electron chi connectivity index (χ0n) is 12.1. The van der Waals surface area contributed by atoms with Crippen LogP contribution < -0.4 is 29.6 Å². The van der Waals surface area contributed by atoms with Crippen LogP contribution in [0.3, 0.4) is 0 Å². The van der Waals surface area contributed by atoms with Gasteiger partial charge in [-0.2, -0.15) is 0 Å². The molecule has 0 aromatic heterocycles. The van der Waals surface area contributed by atoms with Crippen LogP contribution in [0.5, 0.6) is 0 Å². The van der Waals surface area contributed by atoms with Crippen LogP contribution in [0, 0.1) is 11.3 Å². The average molecular weight is 290 g/mol. The van der Waals surface area contributed by atoms with Crippen molar-refractivity contribution in [1.29, 1.82) is 0 Å². The number of amidine groups is 1. The molecular formula is C13H19N2NaO2S. The van der Waals surface area contributed by atoms with Crippen LogP contribution in [0.4, 0.5) is 0 Å². The molecule has 1 heterocycles. The number of hydrogen-bond acceptors (Lipinski definition) is 3. The van der Waals surface area contributed by atoms with Crippen LogP contribution in [0.15, 0.2) is 17.6 Å². The maximum absolute atomic E-state index is 12.5. The predicted octanol–water partition coefficient (Wildman–Crippen LogP) is -1.11. The molecule has 0 radical (unpaired) electrons. The van der Waals surface area contributed by atoms with Crippen LogP contribution in [-0.2, 0) is 22.2 Å². The van der Waals surface area contributed by atoms with Gasteiger partial charge in [-0.05, 0) is 23.9 Å². The molecule has 0 saturated heterocycles. The largest absolute Gasteiger partial charge is 1.00 e. The number of amides is 2. The molecule has 100 valence electrons. The van der Waals surface area contributed by atoms with Gasteiger partial charge < -0.3 is 17.5 Å². The maximum atomic E-state index is 12.5. The molecule has 0 aliphatic carbocycles. The summed E-state index contributed by atoms with van der Waals surface area (Å²) in [6, 6.07) is 0. The first-order chi connectivity index (χ1) is 8.41. The van der Waals surface area contributed by atoms with Crippen LogP contribution >= 0.6 is 0 Å². The number of hydrogen-bond donors (Lipinski definition) is 0. The van der Waals surface area contributed by atoms with E-state index in [1.54, 1.807) is 13.1 Å². The Labute approximate surface area is 142 Å². The monoisotopic (exact) mass is 290 g/mol. The Morgan fingerprint density at radius 2 is 2.11 bits per heavy atom. The van der Waals surface area contributed by atoms with Crippen LogP contribution in [0.1, 0.15) is 33.1 Å². The van der Waals surface area contributed by atoms with Crippen LogP contribution in [0.25, 0.3) is 0 Å². The van der Waals surface area contributed by atoms with Crippen molar-refractivity contribution in [3.63, 3.8) is 0 Å². The van der Waals surface area contributed by atoms with Gasteiger partial charge in [0.2, 0.25) is 5.91 Å². The van der Waals surface area contributed by atoms with E-state index in [1.165, 1.54) is 4.90 Å². The van der Waals surface area contributed by atoms with E-state index >= 15 is 0 Å². The van der Waals surface area contributed by atoms with Gasteiger partial charge in [0.25, 0.3) is 5.91 Å². The summed E-state index contributed by atoms with van der Waals surface area (Å²) in [7, 11) is 1.57. The van der Waals surface area contributed by atoms with E-state index in [9.17, 15) is 9.59 Å². The third-order valence-electron chi connectivity index (χ3n) is 3.58. The van der Waals surface area contributed by atoms with E-state index in [2.05, 4.69) is 11.6 Å². The number of nitrogens with zero attached hydrogens (tertiary/aromatic N) is 2. The molecule has 0 aromatic carbocycles. The molecule has 2 unspecified atom stereocenters. The molecule has 1 rings (SSSR count). The number of allylic oxidation sites excluding steroid dienone is 1. The maximum Gasteiger partial charge on any atom is 1.00 e. The van der Waals surface area contributed by atoms with E-state index in [0.29, 0.717) is 6.42 Å². The minimum atomic E-state index is -1.12. The molecule has 0 N–H and O–H groups in total. The van der Waals surface area contributed by atoms with Gasteiger partial charge in [0.15, 0.2) is 0 Å². The molecule has 0 saturated carbocycles. The molecule has 0 spiro atoms. The van der Waals surface area contributed by atoms with E-state index in [1.807, 2.05) is 13.8 Å².